The summed E-state index contributed by atoms with van der Waals surface area (Å²) in [4.78, 5) is 7.50. The molecule has 2 N–H and O–H groups in total. The van der Waals surface area contributed by atoms with Gasteiger partial charge in [-0.25, -0.2) is 4.98 Å². The van der Waals surface area contributed by atoms with Crippen molar-refractivity contribution in [1.82, 2.24) is 14.3 Å². The molecule has 1 saturated heterocycles. The molecule has 1 unspecified atom stereocenters. The number of pyridine rings is 1. The molecule has 4 rings (SSSR count). The van der Waals surface area contributed by atoms with Crippen LogP contribution in [0.15, 0.2) is 54.7 Å². The molecule has 0 spiro atoms. The van der Waals surface area contributed by atoms with Crippen LogP contribution in [0.1, 0.15) is 25.0 Å². The number of rotatable bonds is 5. The molecule has 0 saturated carbocycles. The van der Waals surface area contributed by atoms with Gasteiger partial charge in [-0.15, -0.1) is 24.8 Å². The molecule has 0 aliphatic carbocycles. The largest absolute Gasteiger partial charge is 0.330 e. The smallest absolute Gasteiger partial charge is 0.137 e. The van der Waals surface area contributed by atoms with E-state index in [0.717, 1.165) is 49.9 Å². The van der Waals surface area contributed by atoms with Gasteiger partial charge in [0.05, 0.1) is 11.4 Å². The number of piperidine rings is 1. The van der Waals surface area contributed by atoms with Gasteiger partial charge in [-0.1, -0.05) is 36.4 Å². The highest BCUT2D eigenvalue weighted by atomic mass is 35.5. The van der Waals surface area contributed by atoms with Crippen LogP contribution in [0.4, 0.5) is 0 Å². The van der Waals surface area contributed by atoms with Crippen molar-refractivity contribution in [2.75, 3.05) is 19.6 Å². The van der Waals surface area contributed by atoms with Gasteiger partial charge >= 0.3 is 0 Å². The molecule has 2 aromatic heterocycles. The van der Waals surface area contributed by atoms with Crippen LogP contribution < -0.4 is 5.73 Å². The topological polar surface area (TPSA) is 46.6 Å². The molecule has 1 aliphatic rings. The number of aromatic nitrogens is 2. The van der Waals surface area contributed by atoms with Crippen molar-refractivity contribution >= 4 is 30.5 Å². The van der Waals surface area contributed by atoms with Crippen LogP contribution in [-0.2, 0) is 6.54 Å². The second-order valence-electron chi connectivity index (χ2n) is 7.02. The van der Waals surface area contributed by atoms with E-state index in [1.165, 1.54) is 24.1 Å². The normalized spacial score (nSPS) is 17.3. The lowest BCUT2D eigenvalue weighted by atomic mass is 9.94. The maximum Gasteiger partial charge on any atom is 0.137 e. The van der Waals surface area contributed by atoms with Gasteiger partial charge < -0.3 is 10.1 Å². The summed E-state index contributed by atoms with van der Waals surface area (Å²) in [7, 11) is 0. The van der Waals surface area contributed by atoms with Gasteiger partial charge in [-0.05, 0) is 50.4 Å². The fourth-order valence-corrected chi connectivity index (χ4v) is 4.00. The molecular formula is C21H28Cl2N4. The third-order valence-corrected chi connectivity index (χ3v) is 5.23. The van der Waals surface area contributed by atoms with Gasteiger partial charge in [0.1, 0.15) is 5.65 Å². The second kappa shape index (κ2) is 10.1. The minimum absolute atomic E-state index is 0. The van der Waals surface area contributed by atoms with Crippen LogP contribution in [0.3, 0.4) is 0 Å². The van der Waals surface area contributed by atoms with Crippen LogP contribution in [0, 0.1) is 5.92 Å². The van der Waals surface area contributed by atoms with Crippen molar-refractivity contribution in [1.29, 1.82) is 0 Å². The van der Waals surface area contributed by atoms with E-state index in [2.05, 4.69) is 64.0 Å². The fourth-order valence-electron chi connectivity index (χ4n) is 4.00. The summed E-state index contributed by atoms with van der Waals surface area (Å²) < 4.78 is 2.24. The molecule has 1 aliphatic heterocycles. The molecule has 1 aromatic carbocycles. The molecular weight excluding hydrogens is 379 g/mol. The molecule has 3 heterocycles. The van der Waals surface area contributed by atoms with Gasteiger partial charge in [0, 0.05) is 24.8 Å². The Morgan fingerprint density at radius 3 is 2.59 bits per heavy atom. The van der Waals surface area contributed by atoms with Gasteiger partial charge in [0.2, 0.25) is 0 Å². The van der Waals surface area contributed by atoms with E-state index in [1.807, 2.05) is 0 Å². The van der Waals surface area contributed by atoms with E-state index >= 15 is 0 Å². The molecule has 0 radical (unpaired) electrons. The number of nitrogens with two attached hydrogens (primary N) is 1. The molecule has 6 heteroatoms. The zero-order chi connectivity index (χ0) is 17.1. The average molecular weight is 407 g/mol. The number of benzene rings is 1. The summed E-state index contributed by atoms with van der Waals surface area (Å²) in [5.41, 5.74) is 10.4. The third kappa shape index (κ3) is 4.82. The number of likely N-dealkylation sites (tertiary alicyclic amines) is 1. The fraction of sp³-hybridized carbons (Fsp3) is 0.381. The molecule has 0 amide bonds. The Bertz CT molecular complexity index is 833. The lowest BCUT2D eigenvalue weighted by molar-refractivity contribution is 0.161. The maximum atomic E-state index is 5.78. The van der Waals surface area contributed by atoms with Crippen LogP contribution in [-0.4, -0.2) is 33.9 Å². The highest BCUT2D eigenvalue weighted by Crippen LogP contribution is 2.27. The van der Waals surface area contributed by atoms with Gasteiger partial charge in [0.25, 0.3) is 0 Å². The summed E-state index contributed by atoms with van der Waals surface area (Å²) in [5, 5.41) is 0. The van der Waals surface area contributed by atoms with Crippen LogP contribution in [0.5, 0.6) is 0 Å². The Morgan fingerprint density at radius 2 is 1.81 bits per heavy atom. The van der Waals surface area contributed by atoms with Gasteiger partial charge in [-0.2, -0.15) is 0 Å². The summed E-state index contributed by atoms with van der Waals surface area (Å²) in [6.07, 6.45) is 5.84. The first-order valence-corrected chi connectivity index (χ1v) is 9.29. The first kappa shape index (κ1) is 21.7. The predicted octanol–water partition coefficient (Wildman–Crippen LogP) is 4.41. The molecule has 0 bridgehead atoms. The van der Waals surface area contributed by atoms with Crippen LogP contribution in [0.2, 0.25) is 0 Å². The van der Waals surface area contributed by atoms with Crippen molar-refractivity contribution in [2.24, 2.45) is 11.7 Å². The minimum Gasteiger partial charge on any atom is -0.330 e. The molecule has 3 aromatic rings. The number of nitrogens with zero attached hydrogens (tertiary/aromatic N) is 3. The van der Waals surface area contributed by atoms with Crippen molar-refractivity contribution in [3.8, 4) is 11.3 Å². The predicted molar refractivity (Wildman–Crippen MR) is 117 cm³/mol. The van der Waals surface area contributed by atoms with Crippen molar-refractivity contribution in [2.45, 2.75) is 25.8 Å². The Balaban J connectivity index is 0.00000131. The summed E-state index contributed by atoms with van der Waals surface area (Å²) >= 11 is 0. The monoisotopic (exact) mass is 406 g/mol. The van der Waals surface area contributed by atoms with E-state index in [0.29, 0.717) is 0 Å². The Labute approximate surface area is 173 Å². The number of halogens is 2. The van der Waals surface area contributed by atoms with Crippen molar-refractivity contribution < 1.29 is 0 Å². The zero-order valence-corrected chi connectivity index (χ0v) is 17.1. The van der Waals surface area contributed by atoms with E-state index < -0.39 is 0 Å². The van der Waals surface area contributed by atoms with Crippen molar-refractivity contribution in [3.63, 3.8) is 0 Å². The highest BCUT2D eigenvalue weighted by Gasteiger charge is 2.22. The molecule has 1 fully saturated rings. The summed E-state index contributed by atoms with van der Waals surface area (Å²) in [6.45, 7) is 4.04. The second-order valence-corrected chi connectivity index (χ2v) is 7.02. The number of hydrogen-bond donors (Lipinski definition) is 1. The lowest BCUT2D eigenvalue weighted by Crippen LogP contribution is -2.36. The van der Waals surface area contributed by atoms with E-state index in [4.69, 9.17) is 10.7 Å². The minimum atomic E-state index is 0. The molecule has 27 heavy (non-hydrogen) atoms. The van der Waals surface area contributed by atoms with Gasteiger partial charge in [0.15, 0.2) is 0 Å². The SMILES string of the molecule is Cl.Cl.NCCC1CCCN(Cc2c(-c3ccccc3)nc3ccccn23)C1. The quantitative estimate of drug-likeness (QED) is 0.682. The highest BCUT2D eigenvalue weighted by molar-refractivity contribution is 5.85. The Kier molecular flexibility index (Phi) is 8.11. The summed E-state index contributed by atoms with van der Waals surface area (Å²) in [5.74, 6) is 0.734. The standard InChI is InChI=1S/C21H26N4.2ClH/c22-12-11-17-7-6-13-24(15-17)16-19-21(18-8-2-1-3-9-18)23-20-10-4-5-14-25(19)20;;/h1-5,8-10,14,17H,6-7,11-13,15-16,22H2;2*1H. The third-order valence-electron chi connectivity index (χ3n) is 5.23. The van der Waals surface area contributed by atoms with Gasteiger partial charge in [-0.3, -0.25) is 4.90 Å². The zero-order valence-electron chi connectivity index (χ0n) is 15.5. The van der Waals surface area contributed by atoms with E-state index in [-0.39, 0.29) is 24.8 Å². The van der Waals surface area contributed by atoms with Crippen LogP contribution in [0.25, 0.3) is 16.9 Å². The Hall–Kier alpha value is -1.59. The number of imidazole rings is 1. The molecule has 1 atom stereocenters. The maximum absolute atomic E-state index is 5.78. The number of fused-ring (bicyclic) bond motifs is 1. The molecule has 4 nitrogen and oxygen atoms in total. The van der Waals surface area contributed by atoms with E-state index in [1.54, 1.807) is 0 Å². The summed E-state index contributed by atoms with van der Waals surface area (Å²) in [6, 6.07) is 16.8. The molecule has 146 valence electrons. The van der Waals surface area contributed by atoms with E-state index in [9.17, 15) is 0 Å². The van der Waals surface area contributed by atoms with Crippen LogP contribution >= 0.6 is 24.8 Å². The van der Waals surface area contributed by atoms with Crippen molar-refractivity contribution in [3.05, 3.63) is 60.4 Å². The average Bonchev–Trinajstić information content (AvgIpc) is 3.02. The number of hydrogen-bond acceptors (Lipinski definition) is 3. The first-order chi connectivity index (χ1) is 12.3. The lowest BCUT2D eigenvalue weighted by Gasteiger charge is -2.32. The first-order valence-electron chi connectivity index (χ1n) is 9.29. The Morgan fingerprint density at radius 1 is 1.04 bits per heavy atom.